The van der Waals surface area contributed by atoms with Crippen LogP contribution >= 0.6 is 11.3 Å². The lowest BCUT2D eigenvalue weighted by molar-refractivity contribution is 0.296. The number of hydrogen-bond acceptors (Lipinski definition) is 4. The van der Waals surface area contributed by atoms with Crippen molar-refractivity contribution in [1.82, 2.24) is 9.97 Å². The first-order valence-corrected chi connectivity index (χ1v) is 11.0. The summed E-state index contributed by atoms with van der Waals surface area (Å²) in [6.07, 6.45) is 5.14. The number of fused-ring (bicyclic) bond motifs is 3. The molecule has 0 spiro atoms. The van der Waals surface area contributed by atoms with E-state index in [1.165, 1.54) is 39.1 Å². The molecule has 1 aromatic carbocycles. The molecule has 28 heavy (non-hydrogen) atoms. The summed E-state index contributed by atoms with van der Waals surface area (Å²) in [7, 11) is 0. The molecule has 0 aliphatic heterocycles. The number of aryl methyl sites for hydroxylation is 3. The van der Waals surface area contributed by atoms with Gasteiger partial charge in [-0.25, -0.2) is 9.97 Å². The van der Waals surface area contributed by atoms with Gasteiger partial charge in [0.15, 0.2) is 0 Å². The number of rotatable bonds is 3. The molecule has 0 bridgehead atoms. The molecule has 0 N–H and O–H groups in total. The second kappa shape index (κ2) is 7.14. The van der Waals surface area contributed by atoms with E-state index in [1.807, 2.05) is 11.3 Å². The molecule has 0 radical (unpaired) electrons. The van der Waals surface area contributed by atoms with Crippen molar-refractivity contribution in [2.75, 3.05) is 0 Å². The molecule has 1 unspecified atom stereocenters. The molecule has 1 aliphatic carbocycles. The second-order valence-electron chi connectivity index (χ2n) is 9.34. The minimum Gasteiger partial charge on any atom is -0.472 e. The molecule has 4 rings (SSSR count). The van der Waals surface area contributed by atoms with Crippen molar-refractivity contribution in [3.63, 3.8) is 0 Å². The SMILES string of the molecule is Cc1cc(C(C)(C)C)cc(C)c1COc1ncnc2sc3c(c12)CCC(C)C3. The van der Waals surface area contributed by atoms with Gasteiger partial charge in [-0.15, -0.1) is 11.3 Å². The topological polar surface area (TPSA) is 35.0 Å². The maximum Gasteiger partial charge on any atom is 0.225 e. The Morgan fingerprint density at radius 2 is 1.86 bits per heavy atom. The highest BCUT2D eigenvalue weighted by Crippen LogP contribution is 2.40. The van der Waals surface area contributed by atoms with Crippen molar-refractivity contribution in [3.8, 4) is 5.88 Å². The summed E-state index contributed by atoms with van der Waals surface area (Å²) in [4.78, 5) is 11.6. The fourth-order valence-corrected chi connectivity index (χ4v) is 5.49. The van der Waals surface area contributed by atoms with E-state index >= 15 is 0 Å². The summed E-state index contributed by atoms with van der Waals surface area (Å²) in [5, 5.41) is 1.15. The predicted octanol–water partition coefficient (Wildman–Crippen LogP) is 6.31. The molecule has 0 fully saturated rings. The first kappa shape index (κ1) is 19.4. The summed E-state index contributed by atoms with van der Waals surface area (Å²) >= 11 is 1.82. The summed E-state index contributed by atoms with van der Waals surface area (Å²) in [5.41, 5.74) is 6.79. The van der Waals surface area contributed by atoms with E-state index in [1.54, 1.807) is 6.33 Å². The van der Waals surface area contributed by atoms with Gasteiger partial charge in [0, 0.05) is 4.88 Å². The van der Waals surface area contributed by atoms with Gasteiger partial charge in [0.25, 0.3) is 0 Å². The van der Waals surface area contributed by atoms with Crippen LogP contribution in [0.3, 0.4) is 0 Å². The minimum atomic E-state index is 0.153. The van der Waals surface area contributed by atoms with Crippen molar-refractivity contribution in [3.05, 3.63) is 51.2 Å². The van der Waals surface area contributed by atoms with Gasteiger partial charge < -0.3 is 4.74 Å². The van der Waals surface area contributed by atoms with Crippen LogP contribution in [0.25, 0.3) is 10.2 Å². The molecule has 1 aliphatic rings. The molecule has 0 amide bonds. The molecule has 2 aromatic heterocycles. The lowest BCUT2D eigenvalue weighted by Gasteiger charge is -2.22. The standard InChI is InChI=1S/C24H30N2OS/c1-14-7-8-18-20(9-14)28-23-21(18)22(25-13-26-23)27-12-19-15(2)10-17(11-16(19)3)24(4,5)6/h10-11,13-14H,7-9,12H2,1-6H3. The lowest BCUT2D eigenvalue weighted by Crippen LogP contribution is -2.13. The Labute approximate surface area is 172 Å². The highest BCUT2D eigenvalue weighted by atomic mass is 32.1. The molecular weight excluding hydrogens is 364 g/mol. The molecule has 1 atom stereocenters. The molecule has 4 heteroatoms. The van der Waals surface area contributed by atoms with Crippen molar-refractivity contribution in [1.29, 1.82) is 0 Å². The van der Waals surface area contributed by atoms with Gasteiger partial charge in [-0.1, -0.05) is 39.8 Å². The summed E-state index contributed by atoms with van der Waals surface area (Å²) in [6.45, 7) is 14.0. The Balaban J connectivity index is 1.65. The number of hydrogen-bond donors (Lipinski definition) is 0. The summed E-state index contributed by atoms with van der Waals surface area (Å²) in [6, 6.07) is 4.60. The van der Waals surface area contributed by atoms with E-state index in [0.29, 0.717) is 6.61 Å². The van der Waals surface area contributed by atoms with Crippen LogP contribution in [0.5, 0.6) is 5.88 Å². The van der Waals surface area contributed by atoms with E-state index in [2.05, 4.69) is 63.6 Å². The zero-order valence-electron chi connectivity index (χ0n) is 17.8. The summed E-state index contributed by atoms with van der Waals surface area (Å²) in [5.74, 6) is 1.50. The lowest BCUT2D eigenvalue weighted by atomic mass is 9.84. The van der Waals surface area contributed by atoms with Crippen molar-refractivity contribution < 1.29 is 4.74 Å². The van der Waals surface area contributed by atoms with Crippen LogP contribution in [0.15, 0.2) is 18.5 Å². The molecule has 2 heterocycles. The molecule has 3 nitrogen and oxygen atoms in total. The third-order valence-electron chi connectivity index (χ3n) is 5.97. The van der Waals surface area contributed by atoms with Crippen molar-refractivity contribution >= 4 is 21.6 Å². The Morgan fingerprint density at radius 1 is 1.14 bits per heavy atom. The Bertz CT molecular complexity index is 1010. The maximum absolute atomic E-state index is 6.30. The van der Waals surface area contributed by atoms with Crippen LogP contribution in [0.4, 0.5) is 0 Å². The number of ether oxygens (including phenoxy) is 1. The molecule has 148 valence electrons. The predicted molar refractivity (Wildman–Crippen MR) is 118 cm³/mol. The largest absolute Gasteiger partial charge is 0.472 e. The van der Waals surface area contributed by atoms with Gasteiger partial charge in [0.05, 0.1) is 5.39 Å². The van der Waals surface area contributed by atoms with Gasteiger partial charge in [0.2, 0.25) is 5.88 Å². The number of aromatic nitrogens is 2. The van der Waals surface area contributed by atoms with Gasteiger partial charge >= 0.3 is 0 Å². The minimum absolute atomic E-state index is 0.153. The monoisotopic (exact) mass is 394 g/mol. The van der Waals surface area contributed by atoms with E-state index in [-0.39, 0.29) is 5.41 Å². The van der Waals surface area contributed by atoms with E-state index in [9.17, 15) is 0 Å². The van der Waals surface area contributed by atoms with Crippen LogP contribution in [0, 0.1) is 19.8 Å². The maximum atomic E-state index is 6.30. The third-order valence-corrected chi connectivity index (χ3v) is 7.13. The highest BCUT2D eigenvalue weighted by Gasteiger charge is 2.24. The average molecular weight is 395 g/mol. The average Bonchev–Trinajstić information content (AvgIpc) is 2.98. The molecule has 0 saturated carbocycles. The van der Waals surface area contributed by atoms with E-state index in [4.69, 9.17) is 4.74 Å². The van der Waals surface area contributed by atoms with Gasteiger partial charge in [0.1, 0.15) is 17.8 Å². The normalized spacial score (nSPS) is 17.0. The van der Waals surface area contributed by atoms with Crippen LogP contribution in [0.2, 0.25) is 0 Å². The van der Waals surface area contributed by atoms with Crippen LogP contribution in [-0.4, -0.2) is 9.97 Å². The van der Waals surface area contributed by atoms with Gasteiger partial charge in [-0.2, -0.15) is 0 Å². The second-order valence-corrected chi connectivity index (χ2v) is 10.4. The molecule has 3 aromatic rings. The first-order chi connectivity index (χ1) is 13.2. The fourth-order valence-electron chi connectivity index (χ4n) is 4.15. The first-order valence-electron chi connectivity index (χ1n) is 10.2. The number of benzene rings is 1. The van der Waals surface area contributed by atoms with Crippen LogP contribution in [-0.2, 0) is 24.9 Å². The molecular formula is C24H30N2OS. The fraction of sp³-hybridized carbons (Fsp3) is 0.500. The molecule has 0 saturated heterocycles. The van der Waals surface area contributed by atoms with E-state index in [0.717, 1.165) is 34.9 Å². The number of thiophene rings is 1. The smallest absolute Gasteiger partial charge is 0.225 e. The Morgan fingerprint density at radius 3 is 2.54 bits per heavy atom. The third kappa shape index (κ3) is 3.55. The van der Waals surface area contributed by atoms with Crippen molar-refractivity contribution in [2.24, 2.45) is 5.92 Å². The van der Waals surface area contributed by atoms with E-state index < -0.39 is 0 Å². The highest BCUT2D eigenvalue weighted by molar-refractivity contribution is 7.18. The summed E-state index contributed by atoms with van der Waals surface area (Å²) < 4.78 is 6.30. The Kier molecular flexibility index (Phi) is 4.95. The van der Waals surface area contributed by atoms with Gasteiger partial charge in [-0.3, -0.25) is 0 Å². The number of nitrogens with zero attached hydrogens (tertiary/aromatic N) is 2. The zero-order chi connectivity index (χ0) is 20.1. The van der Waals surface area contributed by atoms with Gasteiger partial charge in [-0.05, 0) is 72.3 Å². The quantitative estimate of drug-likeness (QED) is 0.522. The van der Waals surface area contributed by atoms with Crippen LogP contribution in [0.1, 0.15) is 66.8 Å². The zero-order valence-corrected chi connectivity index (χ0v) is 18.7. The van der Waals surface area contributed by atoms with Crippen molar-refractivity contribution in [2.45, 2.75) is 72.8 Å². The van der Waals surface area contributed by atoms with Crippen LogP contribution < -0.4 is 4.74 Å². The Hall–Kier alpha value is -1.94.